The van der Waals surface area contributed by atoms with Crippen LogP contribution in [0.5, 0.6) is 0 Å². The second-order valence-corrected chi connectivity index (χ2v) is 22.2. The van der Waals surface area contributed by atoms with E-state index in [-0.39, 0.29) is 6.10 Å². The van der Waals surface area contributed by atoms with Crippen molar-refractivity contribution in [1.29, 1.82) is 0 Å². The van der Waals surface area contributed by atoms with Gasteiger partial charge in [-0.15, -0.1) is 0 Å². The molecule has 6 heteroatoms. The third kappa shape index (κ3) is 9.69. The SMILES string of the molecule is CC(C)(C)[Si](C)(C)O[Si](C)(C)C(C)(C)C.OCC1CC(C#CCOC2CCCOC2)C1. The molecule has 0 spiro atoms. The van der Waals surface area contributed by atoms with Crippen molar-refractivity contribution in [3.63, 3.8) is 0 Å². The molecule has 1 N–H and O–H groups in total. The molecule has 2 fully saturated rings. The van der Waals surface area contributed by atoms with Crippen LogP contribution >= 0.6 is 0 Å². The Morgan fingerprint density at radius 3 is 1.94 bits per heavy atom. The van der Waals surface area contributed by atoms with Gasteiger partial charge in [-0.25, -0.2) is 0 Å². The molecule has 0 amide bonds. The van der Waals surface area contributed by atoms with Gasteiger partial charge >= 0.3 is 0 Å². The predicted octanol–water partition coefficient (Wildman–Crippen LogP) is 6.22. The average Bonchev–Trinajstić information content (AvgIpc) is 2.58. The molecule has 2 aliphatic rings. The van der Waals surface area contributed by atoms with Crippen molar-refractivity contribution in [3.8, 4) is 11.8 Å². The first-order chi connectivity index (χ1) is 14.1. The summed E-state index contributed by atoms with van der Waals surface area (Å²) in [5.74, 6) is 7.25. The Balaban J connectivity index is 0.000000311. The van der Waals surface area contributed by atoms with Gasteiger partial charge in [-0.3, -0.25) is 0 Å². The minimum atomic E-state index is -1.59. The maximum absolute atomic E-state index is 8.86. The van der Waals surface area contributed by atoms with Gasteiger partial charge < -0.3 is 18.7 Å². The smallest absolute Gasteiger partial charge is 0.178 e. The molecular formula is C25H50O4Si2. The van der Waals surface area contributed by atoms with E-state index in [1.807, 2.05) is 0 Å². The van der Waals surface area contributed by atoms with Crippen LogP contribution < -0.4 is 0 Å². The first-order valence-electron chi connectivity index (χ1n) is 12.1. The zero-order valence-corrected chi connectivity index (χ0v) is 24.1. The van der Waals surface area contributed by atoms with Gasteiger partial charge in [0.1, 0.15) is 6.61 Å². The molecule has 0 radical (unpaired) electrons. The van der Waals surface area contributed by atoms with E-state index in [0.29, 0.717) is 35.1 Å². The summed E-state index contributed by atoms with van der Waals surface area (Å²) in [7, 11) is -3.18. The summed E-state index contributed by atoms with van der Waals surface area (Å²) < 4.78 is 17.6. The summed E-state index contributed by atoms with van der Waals surface area (Å²) >= 11 is 0. The highest BCUT2D eigenvalue weighted by molar-refractivity contribution is 6.87. The largest absolute Gasteiger partial charge is 0.455 e. The highest BCUT2D eigenvalue weighted by Crippen LogP contribution is 2.44. The molecule has 31 heavy (non-hydrogen) atoms. The normalized spacial score (nSPS) is 24.9. The lowest BCUT2D eigenvalue weighted by atomic mass is 9.76. The molecule has 1 aliphatic heterocycles. The molecule has 1 saturated heterocycles. The van der Waals surface area contributed by atoms with Crippen LogP contribution in [-0.2, 0) is 13.6 Å². The van der Waals surface area contributed by atoms with Crippen molar-refractivity contribution in [2.45, 2.75) is 110 Å². The summed E-state index contributed by atoms with van der Waals surface area (Å²) in [6.07, 6.45) is 4.54. The first kappa shape index (κ1) is 28.9. The molecule has 4 nitrogen and oxygen atoms in total. The van der Waals surface area contributed by atoms with E-state index in [0.717, 1.165) is 38.9 Å². The molecule has 0 bridgehead atoms. The van der Waals surface area contributed by atoms with Crippen molar-refractivity contribution in [1.82, 2.24) is 0 Å². The van der Waals surface area contributed by atoms with Crippen molar-refractivity contribution in [2.75, 3.05) is 26.4 Å². The molecule has 0 aromatic heterocycles. The molecular weight excluding hydrogens is 420 g/mol. The second kappa shape index (κ2) is 11.8. The number of aliphatic hydroxyl groups is 1. The van der Waals surface area contributed by atoms with Gasteiger partial charge in [0, 0.05) is 19.1 Å². The van der Waals surface area contributed by atoms with Crippen molar-refractivity contribution in [3.05, 3.63) is 0 Å². The van der Waals surface area contributed by atoms with Gasteiger partial charge in [0.05, 0.1) is 12.7 Å². The molecule has 1 heterocycles. The zero-order chi connectivity index (χ0) is 23.9. The molecule has 1 aliphatic carbocycles. The van der Waals surface area contributed by atoms with E-state index in [9.17, 15) is 0 Å². The predicted molar refractivity (Wildman–Crippen MR) is 136 cm³/mol. The van der Waals surface area contributed by atoms with Gasteiger partial charge in [0.2, 0.25) is 0 Å². The van der Waals surface area contributed by atoms with Gasteiger partial charge in [-0.1, -0.05) is 53.4 Å². The van der Waals surface area contributed by atoms with Gasteiger partial charge in [-0.2, -0.15) is 0 Å². The molecule has 1 saturated carbocycles. The Morgan fingerprint density at radius 1 is 0.968 bits per heavy atom. The number of ether oxygens (including phenoxy) is 2. The molecule has 182 valence electrons. The summed E-state index contributed by atoms with van der Waals surface area (Å²) in [5.41, 5.74) is 0. The first-order valence-corrected chi connectivity index (χ1v) is 17.9. The number of hydrogen-bond acceptors (Lipinski definition) is 4. The third-order valence-electron chi connectivity index (χ3n) is 7.43. The minimum Gasteiger partial charge on any atom is -0.455 e. The second-order valence-electron chi connectivity index (χ2n) is 12.3. The summed E-state index contributed by atoms with van der Waals surface area (Å²) in [5, 5.41) is 9.50. The van der Waals surface area contributed by atoms with Gasteiger partial charge in [0.15, 0.2) is 16.6 Å². The maximum atomic E-state index is 8.86. The summed E-state index contributed by atoms with van der Waals surface area (Å²) in [4.78, 5) is 0. The van der Waals surface area contributed by atoms with Crippen LogP contribution in [0.4, 0.5) is 0 Å². The fourth-order valence-electron chi connectivity index (χ4n) is 3.13. The highest BCUT2D eigenvalue weighted by atomic mass is 28.4. The fourth-order valence-corrected chi connectivity index (χ4v) is 10.7. The Morgan fingerprint density at radius 2 is 1.52 bits per heavy atom. The lowest BCUT2D eigenvalue weighted by Gasteiger charge is -2.47. The van der Waals surface area contributed by atoms with E-state index < -0.39 is 16.6 Å². The van der Waals surface area contributed by atoms with Crippen LogP contribution in [0, 0.1) is 23.7 Å². The number of hydrogen-bond donors (Lipinski definition) is 1. The van der Waals surface area contributed by atoms with Crippen LogP contribution in [0.3, 0.4) is 0 Å². The number of aliphatic hydroxyl groups excluding tert-OH is 1. The van der Waals surface area contributed by atoms with Crippen LogP contribution in [-0.4, -0.2) is 54.3 Å². The van der Waals surface area contributed by atoms with Crippen LogP contribution in [0.1, 0.15) is 67.2 Å². The third-order valence-corrected chi connectivity index (χ3v) is 18.7. The van der Waals surface area contributed by atoms with Gasteiger partial charge in [-0.05, 0) is 67.9 Å². The van der Waals surface area contributed by atoms with Crippen molar-refractivity contribution in [2.24, 2.45) is 11.8 Å². The van der Waals surface area contributed by atoms with Crippen molar-refractivity contribution >= 4 is 16.6 Å². The van der Waals surface area contributed by atoms with E-state index in [1.165, 1.54) is 0 Å². The van der Waals surface area contributed by atoms with E-state index in [2.05, 4.69) is 79.6 Å². The fraction of sp³-hybridized carbons (Fsp3) is 0.920. The monoisotopic (exact) mass is 470 g/mol. The molecule has 1 atom stereocenters. The summed E-state index contributed by atoms with van der Waals surface area (Å²) in [6, 6.07) is 0. The van der Waals surface area contributed by atoms with Crippen LogP contribution in [0.2, 0.25) is 36.3 Å². The average molecular weight is 471 g/mol. The van der Waals surface area contributed by atoms with E-state index >= 15 is 0 Å². The Hall–Kier alpha value is -0.166. The topological polar surface area (TPSA) is 47.9 Å². The Bertz CT molecular complexity index is 557. The maximum Gasteiger partial charge on any atom is 0.178 e. The highest BCUT2D eigenvalue weighted by Gasteiger charge is 2.46. The van der Waals surface area contributed by atoms with E-state index in [1.54, 1.807) is 0 Å². The van der Waals surface area contributed by atoms with Crippen LogP contribution in [0.15, 0.2) is 0 Å². The Labute approximate surface area is 195 Å². The van der Waals surface area contributed by atoms with Gasteiger partial charge in [0.25, 0.3) is 0 Å². The standard InChI is InChI=1S/C13H20O3.C12H30OSi2/c14-9-12-7-11(8-12)3-1-6-16-13-4-2-5-15-10-13;1-11(2,3)14(7,8)13-15(9,10)12(4,5)6/h11-14H,2,4-10H2;1-10H3. The minimum absolute atomic E-state index is 0.245. The lowest BCUT2D eigenvalue weighted by molar-refractivity contribution is -0.0394. The lowest BCUT2D eigenvalue weighted by Crippen LogP contribution is -2.53. The zero-order valence-electron chi connectivity index (χ0n) is 22.1. The Kier molecular flexibility index (Phi) is 11.0. The summed E-state index contributed by atoms with van der Waals surface area (Å²) in [6.45, 7) is 25.7. The molecule has 2 rings (SSSR count). The van der Waals surface area contributed by atoms with E-state index in [4.69, 9.17) is 18.7 Å². The quantitative estimate of drug-likeness (QED) is 0.383. The van der Waals surface area contributed by atoms with Crippen molar-refractivity contribution < 1.29 is 18.7 Å². The molecule has 0 aromatic carbocycles. The molecule has 0 aromatic rings. The van der Waals surface area contributed by atoms with Crippen LogP contribution in [0.25, 0.3) is 0 Å². The number of rotatable bonds is 5. The molecule has 1 unspecified atom stereocenters.